The second kappa shape index (κ2) is 8.60. The fourth-order valence-corrected chi connectivity index (χ4v) is 3.03. The zero-order valence-electron chi connectivity index (χ0n) is 14.6. The molecule has 7 heteroatoms. The maximum Gasteiger partial charge on any atom is 0.260 e. The molecule has 0 aliphatic carbocycles. The van der Waals surface area contributed by atoms with Crippen LogP contribution in [0.25, 0.3) is 0 Å². The van der Waals surface area contributed by atoms with Gasteiger partial charge in [0.15, 0.2) is 18.2 Å². The van der Waals surface area contributed by atoms with Gasteiger partial charge in [-0.25, -0.2) is 8.78 Å². The first-order valence-electron chi connectivity index (χ1n) is 8.62. The van der Waals surface area contributed by atoms with E-state index in [1.54, 1.807) is 29.2 Å². The molecule has 0 N–H and O–H groups in total. The molecule has 0 unspecified atom stereocenters. The number of ether oxygens (including phenoxy) is 1. The van der Waals surface area contributed by atoms with Crippen molar-refractivity contribution in [3.8, 4) is 11.8 Å². The highest BCUT2D eigenvalue weighted by molar-refractivity contribution is 5.77. The van der Waals surface area contributed by atoms with Crippen molar-refractivity contribution in [2.24, 2.45) is 0 Å². The van der Waals surface area contributed by atoms with Crippen molar-refractivity contribution >= 4 is 5.91 Å². The molecule has 1 aliphatic rings. The van der Waals surface area contributed by atoms with Crippen LogP contribution >= 0.6 is 0 Å². The summed E-state index contributed by atoms with van der Waals surface area (Å²) in [4.78, 5) is 15.9. The summed E-state index contributed by atoms with van der Waals surface area (Å²) in [7, 11) is 0. The third-order valence-corrected chi connectivity index (χ3v) is 4.53. The van der Waals surface area contributed by atoms with Gasteiger partial charge < -0.3 is 9.64 Å². The van der Waals surface area contributed by atoms with Gasteiger partial charge >= 0.3 is 0 Å². The molecule has 5 nitrogen and oxygen atoms in total. The van der Waals surface area contributed by atoms with E-state index in [-0.39, 0.29) is 24.1 Å². The molecule has 2 aromatic rings. The maximum atomic E-state index is 13.5. The van der Waals surface area contributed by atoms with Gasteiger partial charge in [0, 0.05) is 26.2 Å². The molecule has 1 heterocycles. The van der Waals surface area contributed by atoms with Crippen LogP contribution in [0.3, 0.4) is 0 Å². The Morgan fingerprint density at radius 1 is 1.07 bits per heavy atom. The third kappa shape index (κ3) is 4.60. The number of nitriles is 1. The minimum Gasteiger partial charge on any atom is -0.481 e. The quantitative estimate of drug-likeness (QED) is 0.811. The molecule has 1 aliphatic heterocycles. The summed E-state index contributed by atoms with van der Waals surface area (Å²) in [5, 5.41) is 9.49. The molecule has 0 saturated carbocycles. The number of amides is 1. The maximum absolute atomic E-state index is 13.5. The first kappa shape index (κ1) is 18.8. The fourth-order valence-electron chi connectivity index (χ4n) is 3.03. The van der Waals surface area contributed by atoms with Crippen molar-refractivity contribution in [3.05, 3.63) is 65.7 Å². The van der Waals surface area contributed by atoms with Crippen LogP contribution in [0.15, 0.2) is 48.5 Å². The minimum atomic E-state index is -0.508. The van der Waals surface area contributed by atoms with Crippen LogP contribution < -0.4 is 4.74 Å². The zero-order valence-corrected chi connectivity index (χ0v) is 14.6. The Labute approximate surface area is 156 Å². The van der Waals surface area contributed by atoms with Crippen LogP contribution in [0.1, 0.15) is 11.6 Å². The van der Waals surface area contributed by atoms with Crippen LogP contribution in [-0.2, 0) is 4.79 Å². The van der Waals surface area contributed by atoms with Crippen LogP contribution in [0.2, 0.25) is 0 Å². The number of piperazine rings is 1. The Hall–Kier alpha value is -2.98. The van der Waals surface area contributed by atoms with Gasteiger partial charge in [0.2, 0.25) is 0 Å². The predicted octanol–water partition coefficient (Wildman–Crippen LogP) is 2.75. The van der Waals surface area contributed by atoms with E-state index in [1.807, 2.05) is 4.90 Å². The van der Waals surface area contributed by atoms with E-state index in [1.165, 1.54) is 24.3 Å². The van der Waals surface area contributed by atoms with E-state index >= 15 is 0 Å². The van der Waals surface area contributed by atoms with Crippen LogP contribution in [0, 0.1) is 23.0 Å². The lowest BCUT2D eigenvalue weighted by Crippen LogP contribution is -2.50. The van der Waals surface area contributed by atoms with Gasteiger partial charge in [-0.2, -0.15) is 5.26 Å². The standard InChI is InChI=1S/C20H19F2N3O2/c21-16-7-5-15(6-8-16)18(13-23)24-9-11-25(12-10-24)20(26)14-27-19-4-2-1-3-17(19)22/h1-8,18H,9-12,14H2/t18-/m1/s1. The Balaban J connectivity index is 1.53. The van der Waals surface area contributed by atoms with Gasteiger partial charge in [-0.1, -0.05) is 24.3 Å². The summed E-state index contributed by atoms with van der Waals surface area (Å²) in [6, 6.07) is 13.6. The molecule has 1 fully saturated rings. The largest absolute Gasteiger partial charge is 0.481 e. The van der Waals surface area contributed by atoms with Gasteiger partial charge in [-0.05, 0) is 29.8 Å². The summed E-state index contributed by atoms with van der Waals surface area (Å²) in [5.74, 6) is -1.04. The van der Waals surface area contributed by atoms with Crippen LogP contribution in [0.5, 0.6) is 5.75 Å². The predicted molar refractivity (Wildman–Crippen MR) is 94.8 cm³/mol. The Morgan fingerprint density at radius 2 is 1.74 bits per heavy atom. The van der Waals surface area contributed by atoms with Crippen molar-refractivity contribution in [1.82, 2.24) is 9.80 Å². The Bertz CT molecular complexity index is 828. The summed E-state index contributed by atoms with van der Waals surface area (Å²) in [6.45, 7) is 1.68. The number of para-hydroxylation sites is 1. The Morgan fingerprint density at radius 3 is 2.37 bits per heavy atom. The molecule has 1 saturated heterocycles. The molecule has 0 aromatic heterocycles. The van der Waals surface area contributed by atoms with E-state index in [4.69, 9.17) is 4.74 Å². The monoisotopic (exact) mass is 371 g/mol. The molecule has 3 rings (SSSR count). The number of hydrogen-bond donors (Lipinski definition) is 0. The number of halogens is 2. The molecule has 2 aromatic carbocycles. The molecular formula is C20H19F2N3O2. The van der Waals surface area contributed by atoms with Gasteiger partial charge in [-0.3, -0.25) is 9.69 Å². The average Bonchev–Trinajstić information content (AvgIpc) is 2.69. The highest BCUT2D eigenvalue weighted by atomic mass is 19.1. The SMILES string of the molecule is N#C[C@H](c1ccc(F)cc1)N1CCN(C(=O)COc2ccccc2F)CC1. The van der Waals surface area contributed by atoms with Gasteiger partial charge in [0.25, 0.3) is 5.91 Å². The number of benzene rings is 2. The van der Waals surface area contributed by atoms with Gasteiger partial charge in [0.1, 0.15) is 11.9 Å². The van der Waals surface area contributed by atoms with E-state index in [2.05, 4.69) is 6.07 Å². The summed E-state index contributed by atoms with van der Waals surface area (Å²) in [5.41, 5.74) is 0.724. The molecule has 140 valence electrons. The van der Waals surface area contributed by atoms with Crippen molar-refractivity contribution < 1.29 is 18.3 Å². The van der Waals surface area contributed by atoms with E-state index in [0.29, 0.717) is 26.2 Å². The van der Waals surface area contributed by atoms with E-state index in [0.717, 1.165) is 5.56 Å². The van der Waals surface area contributed by atoms with Gasteiger partial charge in [0.05, 0.1) is 6.07 Å². The summed E-state index contributed by atoms with van der Waals surface area (Å²) in [6.07, 6.45) is 0. The second-order valence-electron chi connectivity index (χ2n) is 6.22. The first-order valence-corrected chi connectivity index (χ1v) is 8.62. The van der Waals surface area contributed by atoms with Crippen molar-refractivity contribution in [2.75, 3.05) is 32.8 Å². The smallest absolute Gasteiger partial charge is 0.260 e. The fraction of sp³-hybridized carbons (Fsp3) is 0.300. The average molecular weight is 371 g/mol. The molecule has 0 spiro atoms. The Kier molecular flexibility index (Phi) is 5.99. The molecular weight excluding hydrogens is 352 g/mol. The molecule has 1 amide bonds. The van der Waals surface area contributed by atoms with Crippen LogP contribution in [-0.4, -0.2) is 48.5 Å². The highest BCUT2D eigenvalue weighted by Gasteiger charge is 2.27. The zero-order chi connectivity index (χ0) is 19.2. The number of carbonyl (C=O) groups excluding carboxylic acids is 1. The topological polar surface area (TPSA) is 56.6 Å². The number of hydrogen-bond acceptors (Lipinski definition) is 4. The molecule has 0 radical (unpaired) electrons. The number of rotatable bonds is 5. The lowest BCUT2D eigenvalue weighted by molar-refractivity contribution is -0.135. The third-order valence-electron chi connectivity index (χ3n) is 4.53. The number of nitrogens with zero attached hydrogens (tertiary/aromatic N) is 3. The lowest BCUT2D eigenvalue weighted by atomic mass is 10.1. The number of carbonyl (C=O) groups is 1. The molecule has 0 bridgehead atoms. The molecule has 1 atom stereocenters. The van der Waals surface area contributed by atoms with Crippen LogP contribution in [0.4, 0.5) is 8.78 Å². The van der Waals surface area contributed by atoms with Crippen molar-refractivity contribution in [1.29, 1.82) is 5.26 Å². The highest BCUT2D eigenvalue weighted by Crippen LogP contribution is 2.22. The molecule has 27 heavy (non-hydrogen) atoms. The minimum absolute atomic E-state index is 0.0466. The van der Waals surface area contributed by atoms with E-state index < -0.39 is 11.9 Å². The van der Waals surface area contributed by atoms with Crippen molar-refractivity contribution in [2.45, 2.75) is 6.04 Å². The second-order valence-corrected chi connectivity index (χ2v) is 6.22. The van der Waals surface area contributed by atoms with E-state index in [9.17, 15) is 18.8 Å². The summed E-state index contributed by atoms with van der Waals surface area (Å²) < 4.78 is 31.9. The van der Waals surface area contributed by atoms with Gasteiger partial charge in [-0.15, -0.1) is 0 Å². The first-order chi connectivity index (χ1) is 13.1. The summed E-state index contributed by atoms with van der Waals surface area (Å²) >= 11 is 0. The lowest BCUT2D eigenvalue weighted by Gasteiger charge is -2.37. The van der Waals surface area contributed by atoms with Crippen molar-refractivity contribution in [3.63, 3.8) is 0 Å². The normalized spacial score (nSPS) is 15.8.